The van der Waals surface area contributed by atoms with Crippen LogP contribution >= 0.6 is 11.6 Å². The van der Waals surface area contributed by atoms with Gasteiger partial charge in [-0.3, -0.25) is 0 Å². The predicted octanol–water partition coefficient (Wildman–Crippen LogP) is 3.86. The SMILES string of the molecule is CNC(C)c1ccc(N(C)CC2CCC2)c(Cl)c1. The van der Waals surface area contributed by atoms with Crippen molar-refractivity contribution in [2.45, 2.75) is 32.2 Å². The van der Waals surface area contributed by atoms with E-state index in [0.717, 1.165) is 23.2 Å². The van der Waals surface area contributed by atoms with Crippen molar-refractivity contribution in [2.24, 2.45) is 5.92 Å². The van der Waals surface area contributed by atoms with Crippen molar-refractivity contribution < 1.29 is 0 Å². The molecule has 2 nitrogen and oxygen atoms in total. The molecule has 1 aromatic carbocycles. The van der Waals surface area contributed by atoms with E-state index in [1.165, 1.54) is 24.8 Å². The van der Waals surface area contributed by atoms with Crippen LogP contribution in [0.25, 0.3) is 0 Å². The second-order valence-electron chi connectivity index (χ2n) is 5.40. The molecule has 0 aromatic heterocycles. The van der Waals surface area contributed by atoms with Gasteiger partial charge in [0.15, 0.2) is 0 Å². The maximum Gasteiger partial charge on any atom is 0.0642 e. The summed E-state index contributed by atoms with van der Waals surface area (Å²) in [6.45, 7) is 3.27. The summed E-state index contributed by atoms with van der Waals surface area (Å²) in [4.78, 5) is 2.29. The van der Waals surface area contributed by atoms with E-state index in [1.807, 2.05) is 7.05 Å². The average molecular weight is 267 g/mol. The van der Waals surface area contributed by atoms with Gasteiger partial charge in [0.25, 0.3) is 0 Å². The van der Waals surface area contributed by atoms with Crippen LogP contribution in [0.1, 0.15) is 37.8 Å². The number of benzene rings is 1. The Morgan fingerprint density at radius 3 is 2.67 bits per heavy atom. The zero-order chi connectivity index (χ0) is 13.1. The minimum Gasteiger partial charge on any atom is -0.373 e. The molecule has 1 fully saturated rings. The Kier molecular flexibility index (Phi) is 4.52. The smallest absolute Gasteiger partial charge is 0.0642 e. The number of nitrogens with zero attached hydrogens (tertiary/aromatic N) is 1. The highest BCUT2D eigenvalue weighted by molar-refractivity contribution is 6.33. The highest BCUT2D eigenvalue weighted by atomic mass is 35.5. The molecule has 1 aliphatic rings. The summed E-state index contributed by atoms with van der Waals surface area (Å²) in [5.41, 5.74) is 2.39. The van der Waals surface area contributed by atoms with Gasteiger partial charge in [0.1, 0.15) is 0 Å². The first-order chi connectivity index (χ1) is 8.61. The summed E-state index contributed by atoms with van der Waals surface area (Å²) in [6.07, 6.45) is 4.14. The lowest BCUT2D eigenvalue weighted by atomic mass is 9.85. The Balaban J connectivity index is 2.08. The summed E-state index contributed by atoms with van der Waals surface area (Å²) < 4.78 is 0. The quantitative estimate of drug-likeness (QED) is 0.871. The normalized spacial score (nSPS) is 17.3. The Morgan fingerprint density at radius 1 is 1.44 bits per heavy atom. The third kappa shape index (κ3) is 2.99. The van der Waals surface area contributed by atoms with Crippen molar-refractivity contribution in [1.29, 1.82) is 0 Å². The number of halogens is 1. The minimum atomic E-state index is 0.341. The molecule has 0 aliphatic heterocycles. The Morgan fingerprint density at radius 2 is 2.17 bits per heavy atom. The van der Waals surface area contributed by atoms with Crippen molar-refractivity contribution in [3.8, 4) is 0 Å². The first kappa shape index (κ1) is 13.7. The summed E-state index contributed by atoms with van der Waals surface area (Å²) in [5, 5.41) is 4.09. The first-order valence-corrected chi connectivity index (χ1v) is 7.17. The van der Waals surface area contributed by atoms with Crippen LogP contribution in [0.3, 0.4) is 0 Å². The second-order valence-corrected chi connectivity index (χ2v) is 5.81. The molecule has 1 aromatic rings. The lowest BCUT2D eigenvalue weighted by Gasteiger charge is -2.32. The monoisotopic (exact) mass is 266 g/mol. The van der Waals surface area contributed by atoms with Gasteiger partial charge in [-0.15, -0.1) is 0 Å². The molecule has 0 radical (unpaired) electrons. The van der Waals surface area contributed by atoms with E-state index in [2.05, 4.69) is 42.4 Å². The van der Waals surface area contributed by atoms with E-state index in [0.29, 0.717) is 6.04 Å². The van der Waals surface area contributed by atoms with Gasteiger partial charge >= 0.3 is 0 Å². The maximum absolute atomic E-state index is 6.40. The zero-order valence-corrected chi connectivity index (χ0v) is 12.3. The lowest BCUT2D eigenvalue weighted by molar-refractivity contribution is 0.321. The summed E-state index contributed by atoms with van der Waals surface area (Å²) >= 11 is 6.40. The molecule has 0 bridgehead atoms. The van der Waals surface area contributed by atoms with E-state index >= 15 is 0 Å². The second kappa shape index (κ2) is 5.94. The Hall–Kier alpha value is -0.730. The third-order valence-corrected chi connectivity index (χ3v) is 4.38. The topological polar surface area (TPSA) is 15.3 Å². The number of hydrogen-bond donors (Lipinski definition) is 1. The zero-order valence-electron chi connectivity index (χ0n) is 11.5. The van der Waals surface area contributed by atoms with Crippen LogP contribution in [0, 0.1) is 5.92 Å². The van der Waals surface area contributed by atoms with Crippen LogP contribution in [0.2, 0.25) is 5.02 Å². The molecule has 1 atom stereocenters. The van der Waals surface area contributed by atoms with Crippen molar-refractivity contribution in [1.82, 2.24) is 5.32 Å². The van der Waals surface area contributed by atoms with Gasteiger partial charge in [-0.1, -0.05) is 24.1 Å². The number of hydrogen-bond acceptors (Lipinski definition) is 2. The third-order valence-electron chi connectivity index (χ3n) is 4.07. The lowest BCUT2D eigenvalue weighted by Crippen LogP contribution is -2.29. The van der Waals surface area contributed by atoms with E-state index in [4.69, 9.17) is 11.6 Å². The summed E-state index contributed by atoms with van der Waals surface area (Å²) in [6, 6.07) is 6.73. The van der Waals surface area contributed by atoms with Gasteiger partial charge in [0.05, 0.1) is 10.7 Å². The average Bonchev–Trinajstić information content (AvgIpc) is 2.32. The number of rotatable bonds is 5. The molecule has 1 N–H and O–H groups in total. The molecule has 1 saturated carbocycles. The van der Waals surface area contributed by atoms with Gasteiger partial charge < -0.3 is 10.2 Å². The van der Waals surface area contributed by atoms with Gasteiger partial charge in [-0.2, -0.15) is 0 Å². The number of nitrogens with one attached hydrogen (secondary N) is 1. The highest BCUT2D eigenvalue weighted by Crippen LogP contribution is 2.32. The van der Waals surface area contributed by atoms with Crippen LogP contribution in [-0.4, -0.2) is 20.6 Å². The molecule has 100 valence electrons. The first-order valence-electron chi connectivity index (χ1n) is 6.79. The van der Waals surface area contributed by atoms with Crippen LogP contribution in [0.5, 0.6) is 0 Å². The summed E-state index contributed by atoms with van der Waals surface area (Å²) in [7, 11) is 4.11. The molecule has 2 rings (SSSR count). The van der Waals surface area contributed by atoms with Gasteiger partial charge in [-0.25, -0.2) is 0 Å². The fraction of sp³-hybridized carbons (Fsp3) is 0.600. The number of anilines is 1. The summed E-state index contributed by atoms with van der Waals surface area (Å²) in [5.74, 6) is 0.863. The molecule has 0 spiro atoms. The fourth-order valence-electron chi connectivity index (χ4n) is 2.43. The molecule has 0 heterocycles. The van der Waals surface area contributed by atoms with E-state index in [-0.39, 0.29) is 0 Å². The van der Waals surface area contributed by atoms with Crippen LogP contribution in [-0.2, 0) is 0 Å². The van der Waals surface area contributed by atoms with Crippen molar-refractivity contribution in [3.63, 3.8) is 0 Å². The molecule has 0 amide bonds. The predicted molar refractivity (Wildman–Crippen MR) is 79.5 cm³/mol. The Labute approximate surface area is 115 Å². The maximum atomic E-state index is 6.40. The highest BCUT2D eigenvalue weighted by Gasteiger charge is 2.20. The fourth-order valence-corrected chi connectivity index (χ4v) is 2.76. The van der Waals surface area contributed by atoms with Gasteiger partial charge in [-0.05, 0) is 50.4 Å². The van der Waals surface area contributed by atoms with Gasteiger partial charge in [0, 0.05) is 19.6 Å². The van der Waals surface area contributed by atoms with E-state index in [1.54, 1.807) is 0 Å². The molecular formula is C15H23ClN2. The van der Waals surface area contributed by atoms with Crippen LogP contribution < -0.4 is 10.2 Å². The largest absolute Gasteiger partial charge is 0.373 e. The van der Waals surface area contributed by atoms with Crippen LogP contribution in [0.4, 0.5) is 5.69 Å². The minimum absolute atomic E-state index is 0.341. The van der Waals surface area contributed by atoms with Gasteiger partial charge in [0.2, 0.25) is 0 Å². The standard InChI is InChI=1S/C15H23ClN2/c1-11(17-2)13-7-8-15(14(16)9-13)18(3)10-12-5-4-6-12/h7-9,11-12,17H,4-6,10H2,1-3H3. The molecule has 3 heteroatoms. The van der Waals surface area contributed by atoms with Crippen molar-refractivity contribution in [3.05, 3.63) is 28.8 Å². The van der Waals surface area contributed by atoms with Crippen molar-refractivity contribution >= 4 is 17.3 Å². The van der Waals surface area contributed by atoms with Crippen LogP contribution in [0.15, 0.2) is 18.2 Å². The molecule has 1 unspecified atom stereocenters. The van der Waals surface area contributed by atoms with E-state index in [9.17, 15) is 0 Å². The Bertz CT molecular complexity index is 401. The molecule has 1 aliphatic carbocycles. The molecular weight excluding hydrogens is 244 g/mol. The van der Waals surface area contributed by atoms with Crippen molar-refractivity contribution in [2.75, 3.05) is 25.5 Å². The molecule has 18 heavy (non-hydrogen) atoms. The molecule has 0 saturated heterocycles. The van der Waals surface area contributed by atoms with E-state index < -0.39 is 0 Å².